The van der Waals surface area contributed by atoms with Gasteiger partial charge in [0.15, 0.2) is 0 Å². The van der Waals surface area contributed by atoms with Crippen molar-refractivity contribution in [1.82, 2.24) is 4.90 Å². The molecule has 0 fully saturated rings. The molecule has 0 aliphatic carbocycles. The molecule has 4 rings (SSSR count). The molecular formula is C33H36FNO2. The number of ether oxygens (including phenoxy) is 1. The lowest BCUT2D eigenvalue weighted by Crippen LogP contribution is -2.45. The number of halogens is 1. The van der Waals surface area contributed by atoms with Gasteiger partial charge >= 0.3 is 0 Å². The van der Waals surface area contributed by atoms with Gasteiger partial charge in [0, 0.05) is 18.6 Å². The topological polar surface area (TPSA) is 32.7 Å². The molecule has 4 aromatic carbocycles. The number of aliphatic hydroxyl groups is 1. The molecule has 4 heteroatoms. The molecule has 0 spiro atoms. The molecule has 0 aromatic heterocycles. The minimum Gasteiger partial charge on any atom is -0.489 e. The van der Waals surface area contributed by atoms with E-state index in [4.69, 9.17) is 4.74 Å². The Hall–Kier alpha value is -3.47. The Bertz CT molecular complexity index is 1230. The van der Waals surface area contributed by atoms with Gasteiger partial charge < -0.3 is 9.84 Å². The van der Waals surface area contributed by atoms with E-state index >= 15 is 0 Å². The molecule has 0 saturated heterocycles. The van der Waals surface area contributed by atoms with Gasteiger partial charge in [0.1, 0.15) is 18.2 Å². The van der Waals surface area contributed by atoms with Gasteiger partial charge in [0.2, 0.25) is 0 Å². The minimum atomic E-state index is -0.672. The Labute approximate surface area is 220 Å². The Morgan fingerprint density at radius 1 is 0.784 bits per heavy atom. The van der Waals surface area contributed by atoms with E-state index in [0.717, 1.165) is 41.8 Å². The van der Waals surface area contributed by atoms with Gasteiger partial charge in [-0.15, -0.1) is 0 Å². The standard InChI is InChI=1S/C33H36FNO2/c1-33(2,21-20-26-16-18-30(34)19-17-26)35(23-27-10-5-3-6-11-27)24-32(36)29-14-9-15-31(22-29)37-25-28-12-7-4-8-13-28/h3-19,22,32,36H,20-21,23-25H2,1-2H3. The average molecular weight is 498 g/mol. The lowest BCUT2D eigenvalue weighted by Gasteiger charge is -2.40. The van der Waals surface area contributed by atoms with Gasteiger partial charge in [-0.2, -0.15) is 0 Å². The van der Waals surface area contributed by atoms with E-state index in [-0.39, 0.29) is 11.4 Å². The summed E-state index contributed by atoms with van der Waals surface area (Å²) in [5.41, 5.74) is 4.04. The van der Waals surface area contributed by atoms with Crippen molar-refractivity contribution in [2.75, 3.05) is 6.54 Å². The summed E-state index contributed by atoms with van der Waals surface area (Å²) in [5.74, 6) is 0.525. The SMILES string of the molecule is CC(C)(CCc1ccc(F)cc1)N(Cc1ccccc1)CC(O)c1cccc(OCc2ccccc2)c1. The van der Waals surface area contributed by atoms with Crippen LogP contribution in [0.25, 0.3) is 0 Å². The lowest BCUT2D eigenvalue weighted by atomic mass is 9.91. The zero-order valence-electron chi connectivity index (χ0n) is 21.7. The van der Waals surface area contributed by atoms with Gasteiger partial charge in [-0.25, -0.2) is 4.39 Å². The van der Waals surface area contributed by atoms with Crippen LogP contribution in [0.2, 0.25) is 0 Å². The molecular weight excluding hydrogens is 461 g/mol. The zero-order chi connectivity index (χ0) is 26.1. The number of hydrogen-bond acceptors (Lipinski definition) is 3. The third kappa shape index (κ3) is 8.01. The minimum absolute atomic E-state index is 0.202. The Morgan fingerprint density at radius 2 is 1.43 bits per heavy atom. The average Bonchev–Trinajstić information content (AvgIpc) is 2.92. The summed E-state index contributed by atoms with van der Waals surface area (Å²) in [6, 6.07) is 34.9. The summed E-state index contributed by atoms with van der Waals surface area (Å²) in [5, 5.41) is 11.3. The molecule has 4 aromatic rings. The highest BCUT2D eigenvalue weighted by Gasteiger charge is 2.29. The summed E-state index contributed by atoms with van der Waals surface area (Å²) in [6.07, 6.45) is 1.03. The number of rotatable bonds is 12. The van der Waals surface area contributed by atoms with Crippen molar-refractivity contribution in [2.24, 2.45) is 0 Å². The first-order valence-corrected chi connectivity index (χ1v) is 12.9. The molecule has 0 aliphatic heterocycles. The summed E-state index contributed by atoms with van der Waals surface area (Å²) >= 11 is 0. The van der Waals surface area contributed by atoms with E-state index in [0.29, 0.717) is 13.2 Å². The lowest BCUT2D eigenvalue weighted by molar-refractivity contribution is 0.0390. The predicted octanol–water partition coefficient (Wildman–Crippen LogP) is 7.35. The highest BCUT2D eigenvalue weighted by Crippen LogP contribution is 2.28. The second-order valence-electron chi connectivity index (χ2n) is 10.2. The van der Waals surface area contributed by atoms with Crippen LogP contribution in [0, 0.1) is 5.82 Å². The van der Waals surface area contributed by atoms with Gasteiger partial charge in [0.25, 0.3) is 0 Å². The van der Waals surface area contributed by atoms with E-state index in [1.807, 2.05) is 84.9 Å². The Morgan fingerprint density at radius 3 is 2.11 bits per heavy atom. The third-order valence-electron chi connectivity index (χ3n) is 6.90. The maximum atomic E-state index is 13.4. The molecule has 0 bridgehead atoms. The normalized spacial score (nSPS) is 12.5. The number of β-amino-alcohol motifs (C(OH)–C–C–N with tert-alkyl or cyclic N) is 1. The molecule has 1 unspecified atom stereocenters. The molecule has 1 atom stereocenters. The van der Waals surface area contributed by atoms with Crippen LogP contribution in [-0.2, 0) is 19.6 Å². The van der Waals surface area contributed by atoms with Gasteiger partial charge in [0.05, 0.1) is 6.10 Å². The van der Waals surface area contributed by atoms with E-state index in [1.165, 1.54) is 17.7 Å². The fourth-order valence-electron chi connectivity index (χ4n) is 4.46. The summed E-state index contributed by atoms with van der Waals surface area (Å²) in [7, 11) is 0. The quantitative estimate of drug-likeness (QED) is 0.222. The highest BCUT2D eigenvalue weighted by atomic mass is 19.1. The van der Waals surface area contributed by atoms with Crippen LogP contribution in [0.4, 0.5) is 4.39 Å². The summed E-state index contributed by atoms with van der Waals surface area (Å²) in [6.45, 7) is 6.11. The van der Waals surface area contributed by atoms with Crippen molar-refractivity contribution in [3.05, 3.63) is 137 Å². The maximum absolute atomic E-state index is 13.4. The number of hydrogen-bond donors (Lipinski definition) is 1. The van der Waals surface area contributed by atoms with Crippen molar-refractivity contribution in [1.29, 1.82) is 0 Å². The Kier molecular flexibility index (Phi) is 9.10. The van der Waals surface area contributed by atoms with Crippen LogP contribution in [0.5, 0.6) is 5.75 Å². The van der Waals surface area contributed by atoms with Gasteiger partial charge in [-0.3, -0.25) is 4.90 Å². The highest BCUT2D eigenvalue weighted by molar-refractivity contribution is 5.31. The van der Waals surface area contributed by atoms with Crippen LogP contribution in [0.1, 0.15) is 48.6 Å². The van der Waals surface area contributed by atoms with E-state index in [9.17, 15) is 9.50 Å². The molecule has 1 N–H and O–H groups in total. The predicted molar refractivity (Wildman–Crippen MR) is 148 cm³/mol. The monoisotopic (exact) mass is 497 g/mol. The zero-order valence-corrected chi connectivity index (χ0v) is 21.7. The first-order valence-electron chi connectivity index (χ1n) is 12.9. The maximum Gasteiger partial charge on any atom is 0.123 e. The molecule has 0 aliphatic rings. The number of aryl methyl sites for hydroxylation is 1. The summed E-state index contributed by atoms with van der Waals surface area (Å²) in [4.78, 5) is 2.34. The smallest absolute Gasteiger partial charge is 0.123 e. The van der Waals surface area contributed by atoms with Gasteiger partial charge in [-0.1, -0.05) is 84.9 Å². The fraction of sp³-hybridized carbons (Fsp3) is 0.273. The van der Waals surface area contributed by atoms with Crippen LogP contribution >= 0.6 is 0 Å². The van der Waals surface area contributed by atoms with Crippen molar-refractivity contribution in [3.8, 4) is 5.75 Å². The van der Waals surface area contributed by atoms with E-state index in [1.54, 1.807) is 0 Å². The molecule has 0 saturated carbocycles. The first kappa shape index (κ1) is 26.6. The fourth-order valence-corrected chi connectivity index (χ4v) is 4.46. The van der Waals surface area contributed by atoms with Crippen LogP contribution in [-0.4, -0.2) is 22.1 Å². The number of aliphatic hydroxyl groups excluding tert-OH is 1. The molecule has 192 valence electrons. The second-order valence-corrected chi connectivity index (χ2v) is 10.2. The Balaban J connectivity index is 1.46. The van der Waals surface area contributed by atoms with E-state index < -0.39 is 6.10 Å². The summed E-state index contributed by atoms with van der Waals surface area (Å²) < 4.78 is 19.3. The molecule has 0 heterocycles. The number of nitrogens with zero attached hydrogens (tertiary/aromatic N) is 1. The van der Waals surface area contributed by atoms with Crippen LogP contribution in [0.3, 0.4) is 0 Å². The first-order chi connectivity index (χ1) is 17.9. The molecule has 0 radical (unpaired) electrons. The van der Waals surface area contributed by atoms with E-state index in [2.05, 4.69) is 30.9 Å². The second kappa shape index (κ2) is 12.7. The van der Waals surface area contributed by atoms with Crippen LogP contribution < -0.4 is 4.74 Å². The molecule has 0 amide bonds. The van der Waals surface area contributed by atoms with Crippen molar-refractivity contribution >= 4 is 0 Å². The molecule has 3 nitrogen and oxygen atoms in total. The van der Waals surface area contributed by atoms with Crippen molar-refractivity contribution in [3.63, 3.8) is 0 Å². The van der Waals surface area contributed by atoms with Crippen molar-refractivity contribution < 1.29 is 14.2 Å². The van der Waals surface area contributed by atoms with Crippen LogP contribution in [0.15, 0.2) is 109 Å². The van der Waals surface area contributed by atoms with Crippen molar-refractivity contribution in [2.45, 2.75) is 51.5 Å². The molecule has 37 heavy (non-hydrogen) atoms. The largest absolute Gasteiger partial charge is 0.489 e. The third-order valence-corrected chi connectivity index (χ3v) is 6.90. The van der Waals surface area contributed by atoms with Gasteiger partial charge in [-0.05, 0) is 73.2 Å². The number of benzene rings is 4.